The first-order valence-corrected chi connectivity index (χ1v) is 4.86. The summed E-state index contributed by atoms with van der Waals surface area (Å²) in [5, 5.41) is 8.86. The van der Waals surface area contributed by atoms with Gasteiger partial charge in [-0.3, -0.25) is 0 Å². The molecule has 2 rings (SSSR count). The fraction of sp³-hybridized carbons (Fsp3) is 0.167. The van der Waals surface area contributed by atoms with Gasteiger partial charge in [-0.25, -0.2) is 9.78 Å². The molecule has 0 saturated heterocycles. The van der Waals surface area contributed by atoms with E-state index in [4.69, 9.17) is 9.52 Å². The molecule has 1 N–H and O–H groups in total. The summed E-state index contributed by atoms with van der Waals surface area (Å²) in [4.78, 5) is 14.9. The average molecular weight is 217 g/mol. The lowest BCUT2D eigenvalue weighted by Gasteiger charge is -1.98. The van der Waals surface area contributed by atoms with Crippen LogP contribution in [0, 0.1) is 13.8 Å². The summed E-state index contributed by atoms with van der Waals surface area (Å²) >= 11 is 0. The van der Waals surface area contributed by atoms with E-state index in [0.717, 1.165) is 11.1 Å². The highest BCUT2D eigenvalue weighted by Crippen LogP contribution is 2.24. The van der Waals surface area contributed by atoms with Crippen LogP contribution in [-0.4, -0.2) is 16.1 Å². The van der Waals surface area contributed by atoms with E-state index in [-0.39, 0.29) is 5.76 Å². The van der Waals surface area contributed by atoms with E-state index in [1.807, 2.05) is 31.2 Å². The zero-order valence-corrected chi connectivity index (χ0v) is 9.02. The Bertz CT molecular complexity index is 543. The van der Waals surface area contributed by atoms with Gasteiger partial charge in [0, 0.05) is 5.56 Å². The van der Waals surface area contributed by atoms with Crippen molar-refractivity contribution in [2.75, 3.05) is 0 Å². The first-order chi connectivity index (χ1) is 7.59. The first kappa shape index (κ1) is 10.4. The second-order valence-electron chi connectivity index (χ2n) is 3.55. The minimum absolute atomic E-state index is 0.0988. The van der Waals surface area contributed by atoms with E-state index in [0.29, 0.717) is 11.6 Å². The molecule has 1 heterocycles. The molecule has 2 aromatic rings. The van der Waals surface area contributed by atoms with Gasteiger partial charge in [0.25, 0.3) is 0 Å². The summed E-state index contributed by atoms with van der Waals surface area (Å²) in [7, 11) is 0. The third-order valence-corrected chi connectivity index (χ3v) is 2.37. The van der Waals surface area contributed by atoms with Crippen molar-refractivity contribution in [2.45, 2.75) is 13.8 Å². The summed E-state index contributed by atoms with van der Waals surface area (Å²) in [6, 6.07) is 7.55. The van der Waals surface area contributed by atoms with Crippen molar-refractivity contribution in [3.63, 3.8) is 0 Å². The Morgan fingerprint density at radius 3 is 2.56 bits per heavy atom. The molecule has 0 atom stereocenters. The maximum Gasteiger partial charge on any atom is 0.373 e. The molecule has 1 aromatic carbocycles. The molecular weight excluding hydrogens is 206 g/mol. The number of aryl methyl sites for hydroxylation is 2. The van der Waals surface area contributed by atoms with Crippen LogP contribution in [0.4, 0.5) is 0 Å². The van der Waals surface area contributed by atoms with Crippen molar-refractivity contribution >= 4 is 5.97 Å². The molecule has 0 amide bonds. The van der Waals surface area contributed by atoms with Crippen LogP contribution < -0.4 is 0 Å². The molecule has 0 fully saturated rings. The van der Waals surface area contributed by atoms with Gasteiger partial charge in [-0.15, -0.1) is 0 Å². The molecule has 0 bridgehead atoms. The molecule has 0 saturated carbocycles. The van der Waals surface area contributed by atoms with Gasteiger partial charge in [0.15, 0.2) is 0 Å². The van der Waals surface area contributed by atoms with Crippen LogP contribution >= 0.6 is 0 Å². The summed E-state index contributed by atoms with van der Waals surface area (Å²) in [6.45, 7) is 3.55. The highest BCUT2D eigenvalue weighted by molar-refractivity contribution is 5.86. The molecule has 0 unspecified atom stereocenters. The highest BCUT2D eigenvalue weighted by Gasteiger charge is 2.17. The maximum absolute atomic E-state index is 10.8. The first-order valence-electron chi connectivity index (χ1n) is 4.86. The summed E-state index contributed by atoms with van der Waals surface area (Å²) < 4.78 is 5.23. The normalized spacial score (nSPS) is 10.4. The predicted molar refractivity (Wildman–Crippen MR) is 58.4 cm³/mol. The molecule has 1 aromatic heterocycles. The van der Waals surface area contributed by atoms with Gasteiger partial charge in [0.05, 0.1) is 5.69 Å². The summed E-state index contributed by atoms with van der Waals surface area (Å²) in [5.41, 5.74) is 2.21. The minimum atomic E-state index is -1.09. The van der Waals surface area contributed by atoms with Crippen LogP contribution in [0.5, 0.6) is 0 Å². The number of aromatic carboxylic acids is 1. The molecule has 0 aliphatic rings. The quantitative estimate of drug-likeness (QED) is 0.839. The largest absolute Gasteiger partial charge is 0.475 e. The van der Waals surface area contributed by atoms with Crippen molar-refractivity contribution < 1.29 is 14.3 Å². The van der Waals surface area contributed by atoms with E-state index in [1.54, 1.807) is 6.92 Å². The molecule has 0 aliphatic heterocycles. The van der Waals surface area contributed by atoms with Gasteiger partial charge in [-0.05, 0) is 25.5 Å². The maximum atomic E-state index is 10.8. The Balaban J connectivity index is 2.54. The van der Waals surface area contributed by atoms with Crippen LogP contribution in [0.3, 0.4) is 0 Å². The molecule has 4 nitrogen and oxygen atoms in total. The summed E-state index contributed by atoms with van der Waals surface area (Å²) in [5.74, 6) is -0.837. The zero-order valence-electron chi connectivity index (χ0n) is 9.02. The average Bonchev–Trinajstić information content (AvgIpc) is 2.61. The Labute approximate surface area is 92.6 Å². The van der Waals surface area contributed by atoms with Crippen molar-refractivity contribution in [3.8, 4) is 11.5 Å². The smallest absolute Gasteiger partial charge is 0.373 e. The molecule has 0 spiro atoms. The van der Waals surface area contributed by atoms with Gasteiger partial charge in [-0.1, -0.05) is 18.2 Å². The fourth-order valence-corrected chi connectivity index (χ4v) is 1.52. The van der Waals surface area contributed by atoms with Crippen LogP contribution in [0.25, 0.3) is 11.5 Å². The molecule has 4 heteroatoms. The van der Waals surface area contributed by atoms with Crippen LogP contribution in [0.15, 0.2) is 28.7 Å². The third-order valence-electron chi connectivity index (χ3n) is 2.37. The molecule has 16 heavy (non-hydrogen) atoms. The molecular formula is C12H11NO3. The van der Waals surface area contributed by atoms with Gasteiger partial charge in [0.1, 0.15) is 0 Å². The molecule has 0 aliphatic carbocycles. The number of benzene rings is 1. The van der Waals surface area contributed by atoms with Gasteiger partial charge >= 0.3 is 5.97 Å². The number of nitrogens with zero attached hydrogens (tertiary/aromatic N) is 1. The lowest BCUT2D eigenvalue weighted by atomic mass is 10.1. The molecule has 82 valence electrons. The number of carboxylic acid groups (broad SMARTS) is 1. The number of rotatable bonds is 2. The number of oxazole rings is 1. The van der Waals surface area contributed by atoms with E-state index >= 15 is 0 Å². The van der Waals surface area contributed by atoms with Crippen LogP contribution in [0.1, 0.15) is 21.8 Å². The monoisotopic (exact) mass is 217 g/mol. The Hall–Kier alpha value is -2.10. The Kier molecular flexibility index (Phi) is 2.48. The second kappa shape index (κ2) is 3.81. The van der Waals surface area contributed by atoms with Gasteiger partial charge < -0.3 is 9.52 Å². The Morgan fingerprint density at radius 1 is 1.31 bits per heavy atom. The highest BCUT2D eigenvalue weighted by atomic mass is 16.4. The van der Waals surface area contributed by atoms with E-state index in [9.17, 15) is 4.79 Å². The lowest BCUT2D eigenvalue weighted by molar-refractivity contribution is 0.0662. The number of carboxylic acids is 1. The van der Waals surface area contributed by atoms with Crippen LogP contribution in [0.2, 0.25) is 0 Å². The van der Waals surface area contributed by atoms with Crippen molar-refractivity contribution in [1.29, 1.82) is 0 Å². The standard InChI is InChI=1S/C12H11NO3/c1-7-5-3-4-6-9(7)11-13-8(2)10(16-11)12(14)15/h3-6H,1-2H3,(H,14,15). The Morgan fingerprint density at radius 2 is 2.00 bits per heavy atom. The molecule has 0 radical (unpaired) electrons. The van der Waals surface area contributed by atoms with E-state index in [1.165, 1.54) is 0 Å². The SMILES string of the molecule is Cc1ccccc1-c1nc(C)c(C(=O)O)o1. The van der Waals surface area contributed by atoms with Crippen molar-refractivity contribution in [1.82, 2.24) is 4.98 Å². The van der Waals surface area contributed by atoms with Gasteiger partial charge in [0.2, 0.25) is 11.7 Å². The second-order valence-corrected chi connectivity index (χ2v) is 3.55. The van der Waals surface area contributed by atoms with E-state index in [2.05, 4.69) is 4.98 Å². The number of hydrogen-bond donors (Lipinski definition) is 1. The van der Waals surface area contributed by atoms with Crippen molar-refractivity contribution in [3.05, 3.63) is 41.3 Å². The topological polar surface area (TPSA) is 63.3 Å². The number of carbonyl (C=O) groups is 1. The van der Waals surface area contributed by atoms with Crippen molar-refractivity contribution in [2.24, 2.45) is 0 Å². The third kappa shape index (κ3) is 1.69. The minimum Gasteiger partial charge on any atom is -0.475 e. The lowest BCUT2D eigenvalue weighted by Crippen LogP contribution is -1.95. The predicted octanol–water partition coefficient (Wildman–Crippen LogP) is 2.66. The van der Waals surface area contributed by atoms with E-state index < -0.39 is 5.97 Å². The zero-order chi connectivity index (χ0) is 11.7. The summed E-state index contributed by atoms with van der Waals surface area (Å²) in [6.07, 6.45) is 0. The fourth-order valence-electron chi connectivity index (χ4n) is 1.52. The number of aromatic nitrogens is 1. The number of hydrogen-bond acceptors (Lipinski definition) is 3. The van der Waals surface area contributed by atoms with Crippen LogP contribution in [-0.2, 0) is 0 Å². The van der Waals surface area contributed by atoms with Gasteiger partial charge in [-0.2, -0.15) is 0 Å².